The molecular weight excluding hydrogens is 709 g/mol. The average Bonchev–Trinajstić information content (AvgIpc) is 3.84. The van der Waals surface area contributed by atoms with Crippen molar-refractivity contribution in [2.45, 2.75) is 106 Å². The Kier molecular flexibility index (Phi) is 8.61. The number of hydrogen-bond acceptors (Lipinski definition) is 10. The summed E-state index contributed by atoms with van der Waals surface area (Å²) in [6.45, 7) is 11.2. The molecule has 2 bridgehead atoms. The minimum Gasteiger partial charge on any atom is -0.496 e. The Bertz CT molecular complexity index is 2130. The van der Waals surface area contributed by atoms with Crippen molar-refractivity contribution >= 4 is 28.5 Å². The number of aromatic amines is 1. The van der Waals surface area contributed by atoms with Gasteiger partial charge in [-0.1, -0.05) is 44.2 Å². The number of para-hydroxylation sites is 1. The number of hydrogen-bond donors (Lipinski definition) is 3. The second-order valence-corrected chi connectivity index (χ2v) is 18.1. The monoisotopic (exact) mass is 766 g/mol. The normalized spacial score (nSPS) is 38.4. The second-order valence-electron chi connectivity index (χ2n) is 18.1. The van der Waals surface area contributed by atoms with E-state index in [0.717, 1.165) is 71.6 Å². The minimum atomic E-state index is -1.45. The SMILES string of the molecule is CCC1(O)C[C@@H]2CN(CCc3c([nH]c4ccccc34)[C@@](C(=O)OC)(c3cc4c(cc3OC)N(C)[C@H]3[C@](C)(O)[C@H](OC(C)=O)[C@]5(CC)C=CCN6CC[C@]43[C@@H]65)C2)C1. The smallest absolute Gasteiger partial charge is 0.322 e. The summed E-state index contributed by atoms with van der Waals surface area (Å²) in [4.78, 5) is 39.0. The molecule has 3 aromatic rings. The van der Waals surface area contributed by atoms with Gasteiger partial charge >= 0.3 is 11.9 Å². The van der Waals surface area contributed by atoms with E-state index >= 15 is 4.79 Å². The Morgan fingerprint density at radius 3 is 2.52 bits per heavy atom. The van der Waals surface area contributed by atoms with Gasteiger partial charge in [-0.2, -0.15) is 0 Å². The van der Waals surface area contributed by atoms with Crippen LogP contribution in [0.2, 0.25) is 0 Å². The average molecular weight is 767 g/mol. The van der Waals surface area contributed by atoms with Gasteiger partial charge in [-0.05, 0) is 81.2 Å². The summed E-state index contributed by atoms with van der Waals surface area (Å²) in [5.41, 5.74) is 0.690. The summed E-state index contributed by atoms with van der Waals surface area (Å²) >= 11 is 0. The molecular formula is C45H58N4O7. The van der Waals surface area contributed by atoms with Crippen LogP contribution in [0, 0.1) is 11.3 Å². The Hall–Kier alpha value is -3.90. The van der Waals surface area contributed by atoms with Crippen LogP contribution in [0.25, 0.3) is 10.9 Å². The first kappa shape index (κ1) is 37.7. The van der Waals surface area contributed by atoms with E-state index in [9.17, 15) is 15.0 Å². The summed E-state index contributed by atoms with van der Waals surface area (Å²) in [6, 6.07) is 12.0. The fourth-order valence-corrected chi connectivity index (χ4v) is 13.5. The Balaban J connectivity index is 1.34. The maximum atomic E-state index is 15.3. The molecule has 11 nitrogen and oxygen atoms in total. The largest absolute Gasteiger partial charge is 0.496 e. The van der Waals surface area contributed by atoms with Crippen LogP contribution in [0.3, 0.4) is 0 Å². The molecule has 300 valence electrons. The third kappa shape index (κ3) is 4.83. The van der Waals surface area contributed by atoms with E-state index in [2.05, 4.69) is 63.0 Å². The van der Waals surface area contributed by atoms with Crippen LogP contribution in [0.1, 0.15) is 82.2 Å². The molecule has 2 aromatic carbocycles. The van der Waals surface area contributed by atoms with Gasteiger partial charge in [0.1, 0.15) is 22.9 Å². The predicted molar refractivity (Wildman–Crippen MR) is 214 cm³/mol. The molecule has 11 heteroatoms. The number of anilines is 1. The molecule has 56 heavy (non-hydrogen) atoms. The topological polar surface area (TPSA) is 128 Å². The molecule has 3 N–H and O–H groups in total. The Morgan fingerprint density at radius 2 is 1.80 bits per heavy atom. The van der Waals surface area contributed by atoms with Gasteiger partial charge in [0.15, 0.2) is 0 Å². The van der Waals surface area contributed by atoms with E-state index in [4.69, 9.17) is 14.2 Å². The van der Waals surface area contributed by atoms with Crippen molar-refractivity contribution in [1.82, 2.24) is 14.8 Å². The second kappa shape index (κ2) is 12.8. The van der Waals surface area contributed by atoms with Crippen LogP contribution in [0.5, 0.6) is 5.75 Å². The molecule has 2 unspecified atom stereocenters. The molecule has 1 aliphatic carbocycles. The van der Waals surface area contributed by atoms with E-state index in [1.165, 1.54) is 14.0 Å². The first-order chi connectivity index (χ1) is 26.7. The van der Waals surface area contributed by atoms with Gasteiger partial charge < -0.3 is 34.3 Å². The molecule has 0 radical (unpaired) electrons. The molecule has 3 fully saturated rings. The summed E-state index contributed by atoms with van der Waals surface area (Å²) < 4.78 is 18.6. The number of H-pyrrole nitrogens is 1. The molecule has 10 atom stereocenters. The van der Waals surface area contributed by atoms with Crippen LogP contribution in [0.4, 0.5) is 5.69 Å². The quantitative estimate of drug-likeness (QED) is 0.237. The van der Waals surface area contributed by atoms with Crippen molar-refractivity contribution in [3.63, 3.8) is 0 Å². The first-order valence-electron chi connectivity index (χ1n) is 20.6. The number of ether oxygens (including phenoxy) is 3. The molecule has 2 saturated heterocycles. The van der Waals surface area contributed by atoms with Crippen molar-refractivity contribution in [2.24, 2.45) is 11.3 Å². The molecule has 9 rings (SSSR count). The van der Waals surface area contributed by atoms with Gasteiger partial charge in [0, 0.05) is 90.9 Å². The standard InChI is InChI=1S/C45H58N4O7/c1-8-42(53)23-28-24-45(40(51)55-7,36-30(15-19-48(25-28)26-42)29-13-10-11-14-33(29)46-36)32-21-31-34(22-35(32)54-6)47(5)37-41(4,52)39(56-27(3)50)43(9-2)16-12-18-49-20-17-44(31,37)38(43)49/h10-14,16,21-22,28,37-39,46,52-53H,8-9,15,17-20,23-26H2,1-7H3/t28-,37-,38-,39-,41-,42?,43+,44-,45-/m0/s1. The van der Waals surface area contributed by atoms with Gasteiger partial charge in [0.25, 0.3) is 0 Å². The highest BCUT2D eigenvalue weighted by molar-refractivity contribution is 5.94. The van der Waals surface area contributed by atoms with Gasteiger partial charge in [-0.3, -0.25) is 19.4 Å². The number of fused-ring (bicyclic) bond motifs is 6. The third-order valence-corrected chi connectivity index (χ3v) is 15.4. The van der Waals surface area contributed by atoms with Crippen LogP contribution in [-0.4, -0.2) is 120 Å². The van der Waals surface area contributed by atoms with Crippen molar-refractivity contribution in [1.29, 1.82) is 0 Å². The molecule has 1 aromatic heterocycles. The maximum Gasteiger partial charge on any atom is 0.322 e. The number of aromatic nitrogens is 1. The van der Waals surface area contributed by atoms with Crippen molar-refractivity contribution in [3.8, 4) is 5.75 Å². The number of piperidine rings is 1. The fraction of sp³-hybridized carbons (Fsp3) is 0.600. The van der Waals surface area contributed by atoms with Crippen LogP contribution < -0.4 is 9.64 Å². The molecule has 6 heterocycles. The molecule has 5 aliphatic heterocycles. The van der Waals surface area contributed by atoms with E-state index in [1.54, 1.807) is 7.11 Å². The van der Waals surface area contributed by atoms with Crippen molar-refractivity contribution in [2.75, 3.05) is 58.9 Å². The van der Waals surface area contributed by atoms with Gasteiger partial charge in [0.2, 0.25) is 0 Å². The highest BCUT2D eigenvalue weighted by atomic mass is 16.6. The maximum absolute atomic E-state index is 15.3. The van der Waals surface area contributed by atoms with Gasteiger partial charge in [0.05, 0.1) is 25.9 Å². The molecule has 1 saturated carbocycles. The number of likely N-dealkylation sites (N-methyl/N-ethyl adjacent to an activating group) is 1. The van der Waals surface area contributed by atoms with Crippen LogP contribution in [0.15, 0.2) is 48.6 Å². The van der Waals surface area contributed by atoms with Crippen LogP contribution in [-0.2, 0) is 36.3 Å². The predicted octanol–water partition coefficient (Wildman–Crippen LogP) is 4.84. The van der Waals surface area contributed by atoms with E-state index in [1.807, 2.05) is 33.0 Å². The fourth-order valence-electron chi connectivity index (χ4n) is 13.5. The lowest BCUT2D eigenvalue weighted by molar-refractivity contribution is -0.213. The Morgan fingerprint density at radius 1 is 1.02 bits per heavy atom. The lowest BCUT2D eigenvalue weighted by atomic mass is 9.48. The highest BCUT2D eigenvalue weighted by Crippen LogP contribution is 2.68. The van der Waals surface area contributed by atoms with E-state index < -0.39 is 45.6 Å². The van der Waals surface area contributed by atoms with Crippen LogP contribution >= 0.6 is 0 Å². The van der Waals surface area contributed by atoms with E-state index in [-0.39, 0.29) is 17.9 Å². The number of carbonyl (C=O) groups is 2. The molecule has 6 aliphatic rings. The van der Waals surface area contributed by atoms with Crippen molar-refractivity contribution in [3.05, 3.63) is 70.9 Å². The summed E-state index contributed by atoms with van der Waals surface area (Å²) in [5.74, 6) is -0.249. The number of nitrogens with one attached hydrogen (secondary N) is 1. The molecule has 0 amide bonds. The first-order valence-corrected chi connectivity index (χ1v) is 20.6. The number of aliphatic hydroxyl groups is 2. The molecule has 1 spiro atoms. The van der Waals surface area contributed by atoms with E-state index in [0.29, 0.717) is 44.4 Å². The number of methoxy groups -OCH3 is 2. The summed E-state index contributed by atoms with van der Waals surface area (Å²) in [6.07, 6.45) is 7.34. The lowest BCUT2D eigenvalue weighted by Crippen LogP contribution is -2.78. The number of nitrogens with zero attached hydrogens (tertiary/aromatic N) is 3. The summed E-state index contributed by atoms with van der Waals surface area (Å²) in [5, 5.41) is 26.1. The van der Waals surface area contributed by atoms with Crippen molar-refractivity contribution < 1.29 is 34.0 Å². The number of rotatable bonds is 6. The third-order valence-electron chi connectivity index (χ3n) is 15.4. The number of esters is 2. The minimum absolute atomic E-state index is 0.0326. The highest BCUT2D eigenvalue weighted by Gasteiger charge is 2.77. The summed E-state index contributed by atoms with van der Waals surface area (Å²) in [7, 11) is 5.17. The number of carbonyl (C=O) groups excluding carboxylic acids is 2. The van der Waals surface area contributed by atoms with Gasteiger partial charge in [-0.15, -0.1) is 0 Å². The Labute approximate surface area is 329 Å². The van der Waals surface area contributed by atoms with Gasteiger partial charge in [-0.25, -0.2) is 0 Å². The zero-order chi connectivity index (χ0) is 39.6. The zero-order valence-electron chi connectivity index (χ0n) is 34.0. The zero-order valence-corrected chi connectivity index (χ0v) is 34.0. The lowest BCUT2D eigenvalue weighted by Gasteiger charge is -2.64. The number of benzene rings is 2.